The molecule has 0 radical (unpaired) electrons. The summed E-state index contributed by atoms with van der Waals surface area (Å²) in [6.45, 7) is 1.64. The molecule has 0 unspecified atom stereocenters. The number of rotatable bonds is 8. The minimum Gasteiger partial charge on any atom is -0.382 e. The summed E-state index contributed by atoms with van der Waals surface area (Å²) < 4.78 is 1.57. The van der Waals surface area contributed by atoms with Gasteiger partial charge in [0.05, 0.1) is 11.4 Å². The summed E-state index contributed by atoms with van der Waals surface area (Å²) in [5.74, 6) is 1.03. The minimum absolute atomic E-state index is 0.0448. The molecule has 0 atom stereocenters. The fraction of sp³-hybridized carbons (Fsp3) is 0.368. The average molecular weight is 398 g/mol. The van der Waals surface area contributed by atoms with Crippen LogP contribution in [-0.4, -0.2) is 51.2 Å². The monoisotopic (exact) mass is 398 g/mol. The normalized spacial score (nSPS) is 13.5. The second-order valence-electron chi connectivity index (χ2n) is 6.37. The van der Waals surface area contributed by atoms with E-state index < -0.39 is 0 Å². The molecule has 0 bridgehead atoms. The average Bonchev–Trinajstić information content (AvgIpc) is 3.26. The zero-order chi connectivity index (χ0) is 19.9. The first kappa shape index (κ1) is 19.8. The van der Waals surface area contributed by atoms with Crippen molar-refractivity contribution >= 4 is 28.7 Å². The van der Waals surface area contributed by atoms with Crippen molar-refractivity contribution in [3.05, 3.63) is 41.6 Å². The molecule has 0 saturated carbocycles. The van der Waals surface area contributed by atoms with Crippen LogP contribution in [0.25, 0.3) is 5.69 Å². The zero-order valence-electron chi connectivity index (χ0n) is 15.4. The van der Waals surface area contributed by atoms with Crippen molar-refractivity contribution in [2.24, 2.45) is 0 Å². The highest BCUT2D eigenvalue weighted by atomic mass is 32.2. The van der Waals surface area contributed by atoms with Crippen LogP contribution in [0.2, 0.25) is 0 Å². The van der Waals surface area contributed by atoms with E-state index in [0.717, 1.165) is 11.4 Å². The van der Waals surface area contributed by atoms with Crippen LogP contribution in [-0.2, 0) is 11.2 Å². The largest absolute Gasteiger partial charge is 0.382 e. The first-order chi connectivity index (χ1) is 13.6. The van der Waals surface area contributed by atoms with E-state index in [1.807, 2.05) is 30.3 Å². The number of benzene rings is 1. The Hall–Kier alpha value is -2.99. The predicted molar refractivity (Wildman–Crippen MR) is 108 cm³/mol. The molecule has 1 aromatic carbocycles. The second-order valence-corrected chi connectivity index (χ2v) is 7.42. The number of anilines is 1. The van der Waals surface area contributed by atoms with Gasteiger partial charge in [0.2, 0.25) is 5.91 Å². The number of carbonyl (C=O) groups excluding carboxylic acids is 2. The van der Waals surface area contributed by atoms with Crippen LogP contribution in [0.15, 0.2) is 30.3 Å². The molecule has 3 N–H and O–H groups in total. The number of amides is 2. The number of nitriles is 1. The molecule has 0 spiro atoms. The number of thioether (sulfide) groups is 1. The number of aryl methyl sites for hydroxylation is 1. The van der Waals surface area contributed by atoms with Gasteiger partial charge in [0.25, 0.3) is 5.24 Å². The van der Waals surface area contributed by atoms with Crippen LogP contribution in [0.3, 0.4) is 0 Å². The Bertz CT molecular complexity index is 890. The van der Waals surface area contributed by atoms with Crippen LogP contribution >= 0.6 is 11.8 Å². The molecule has 28 heavy (non-hydrogen) atoms. The molecule has 3 rings (SSSR count). The molecule has 0 aliphatic carbocycles. The van der Waals surface area contributed by atoms with E-state index in [4.69, 9.17) is 5.73 Å². The van der Waals surface area contributed by atoms with E-state index in [1.165, 1.54) is 11.8 Å². The smallest absolute Gasteiger partial charge is 0.281 e. The lowest BCUT2D eigenvalue weighted by Gasteiger charge is -2.13. The lowest BCUT2D eigenvalue weighted by atomic mass is 10.1. The molecular formula is C19H22N6O2S. The number of hydrogen-bond acceptors (Lipinski definition) is 6. The summed E-state index contributed by atoms with van der Waals surface area (Å²) in [5, 5.41) is 16.8. The molecule has 1 fully saturated rings. The summed E-state index contributed by atoms with van der Waals surface area (Å²) in [6, 6.07) is 11.5. The van der Waals surface area contributed by atoms with Crippen molar-refractivity contribution < 1.29 is 9.59 Å². The fourth-order valence-electron chi connectivity index (χ4n) is 2.98. The number of hydrogen-bond donors (Lipinski definition) is 2. The van der Waals surface area contributed by atoms with Gasteiger partial charge in [0.15, 0.2) is 0 Å². The lowest BCUT2D eigenvalue weighted by molar-refractivity contribution is -0.121. The van der Waals surface area contributed by atoms with Gasteiger partial charge in [0.1, 0.15) is 17.5 Å². The quantitative estimate of drug-likeness (QED) is 0.656. The maximum atomic E-state index is 11.9. The Balaban J connectivity index is 1.49. The van der Waals surface area contributed by atoms with Crippen molar-refractivity contribution in [3.63, 3.8) is 0 Å². The minimum atomic E-state index is -0.0838. The van der Waals surface area contributed by atoms with Crippen LogP contribution in [0.5, 0.6) is 0 Å². The Labute approximate surface area is 167 Å². The Morgan fingerprint density at radius 1 is 1.36 bits per heavy atom. The van der Waals surface area contributed by atoms with E-state index in [2.05, 4.69) is 16.5 Å². The van der Waals surface area contributed by atoms with E-state index in [9.17, 15) is 14.9 Å². The van der Waals surface area contributed by atoms with Crippen molar-refractivity contribution in [3.8, 4) is 11.8 Å². The van der Waals surface area contributed by atoms with Crippen molar-refractivity contribution in [1.82, 2.24) is 20.0 Å². The number of nitrogens with zero attached hydrogens (tertiary/aromatic N) is 4. The number of carbonyl (C=O) groups is 2. The lowest BCUT2D eigenvalue weighted by Crippen LogP contribution is -2.31. The Kier molecular flexibility index (Phi) is 6.55. The third-order valence-electron chi connectivity index (χ3n) is 4.47. The Morgan fingerprint density at radius 2 is 2.14 bits per heavy atom. The fourth-order valence-corrected chi connectivity index (χ4v) is 3.83. The topological polar surface area (TPSA) is 117 Å². The third kappa shape index (κ3) is 4.64. The van der Waals surface area contributed by atoms with Gasteiger partial charge in [-0.25, -0.2) is 4.68 Å². The van der Waals surface area contributed by atoms with E-state index in [1.54, 1.807) is 9.58 Å². The van der Waals surface area contributed by atoms with E-state index in [0.29, 0.717) is 56.0 Å². The number of aromatic nitrogens is 2. The molecule has 2 amide bonds. The number of nitrogen functional groups attached to an aromatic ring is 1. The first-order valence-electron chi connectivity index (χ1n) is 9.11. The molecule has 1 aromatic heterocycles. The maximum absolute atomic E-state index is 11.9. The zero-order valence-corrected chi connectivity index (χ0v) is 16.2. The van der Waals surface area contributed by atoms with Gasteiger partial charge in [0, 0.05) is 31.8 Å². The van der Waals surface area contributed by atoms with Gasteiger partial charge in [-0.15, -0.1) is 0 Å². The van der Waals surface area contributed by atoms with Gasteiger partial charge in [-0.05, 0) is 25.0 Å². The van der Waals surface area contributed by atoms with Gasteiger partial charge in [-0.2, -0.15) is 10.4 Å². The van der Waals surface area contributed by atoms with Gasteiger partial charge in [-0.3, -0.25) is 9.59 Å². The SMILES string of the molecule is N#Cc1c(CCCNC(=O)CCN2CCSC2=O)nn(-c2ccccc2)c1N. The predicted octanol–water partition coefficient (Wildman–Crippen LogP) is 1.93. The molecule has 2 aromatic rings. The third-order valence-corrected chi connectivity index (χ3v) is 5.36. The standard InChI is InChI=1S/C19H22N6O2S/c20-13-15-16(23-25(18(15)21)14-5-2-1-3-6-14)7-4-9-22-17(26)8-10-24-11-12-28-19(24)27/h1-3,5-6H,4,7-12,21H2,(H,22,26). The molecule has 1 aliphatic heterocycles. The summed E-state index contributed by atoms with van der Waals surface area (Å²) in [7, 11) is 0. The summed E-state index contributed by atoms with van der Waals surface area (Å²) in [4.78, 5) is 25.1. The number of nitrogens with one attached hydrogen (secondary N) is 1. The molecule has 1 aliphatic rings. The number of para-hydroxylation sites is 1. The second kappa shape index (κ2) is 9.28. The maximum Gasteiger partial charge on any atom is 0.281 e. The van der Waals surface area contributed by atoms with Crippen molar-refractivity contribution in [2.45, 2.75) is 19.3 Å². The Morgan fingerprint density at radius 3 is 2.82 bits per heavy atom. The summed E-state index contributed by atoms with van der Waals surface area (Å²) in [6.07, 6.45) is 1.48. The van der Waals surface area contributed by atoms with Gasteiger partial charge in [-0.1, -0.05) is 30.0 Å². The van der Waals surface area contributed by atoms with Crippen LogP contribution < -0.4 is 11.1 Å². The number of nitrogens with two attached hydrogens (primary N) is 1. The first-order valence-corrected chi connectivity index (χ1v) is 10.1. The highest BCUT2D eigenvalue weighted by molar-refractivity contribution is 8.13. The summed E-state index contributed by atoms with van der Waals surface area (Å²) in [5.41, 5.74) is 7.88. The molecular weight excluding hydrogens is 376 g/mol. The van der Waals surface area contributed by atoms with Crippen LogP contribution in [0, 0.1) is 11.3 Å². The van der Waals surface area contributed by atoms with Crippen LogP contribution in [0.1, 0.15) is 24.1 Å². The molecule has 9 heteroatoms. The molecule has 8 nitrogen and oxygen atoms in total. The summed E-state index contributed by atoms with van der Waals surface area (Å²) >= 11 is 1.29. The van der Waals surface area contributed by atoms with Crippen molar-refractivity contribution in [2.75, 3.05) is 31.1 Å². The highest BCUT2D eigenvalue weighted by Gasteiger charge is 2.21. The molecule has 146 valence electrons. The molecule has 1 saturated heterocycles. The van der Waals surface area contributed by atoms with Crippen molar-refractivity contribution in [1.29, 1.82) is 5.26 Å². The molecule has 2 heterocycles. The van der Waals surface area contributed by atoms with Gasteiger partial charge < -0.3 is 16.0 Å². The van der Waals surface area contributed by atoms with Crippen LogP contribution in [0.4, 0.5) is 10.6 Å². The van der Waals surface area contributed by atoms with Gasteiger partial charge >= 0.3 is 0 Å². The van der Waals surface area contributed by atoms with E-state index in [-0.39, 0.29) is 11.1 Å². The highest BCUT2D eigenvalue weighted by Crippen LogP contribution is 2.21. The van der Waals surface area contributed by atoms with E-state index >= 15 is 0 Å².